The first-order valence-corrected chi connectivity index (χ1v) is 14.2. The average Bonchev–Trinajstić information content (AvgIpc) is 3.65. The summed E-state index contributed by atoms with van der Waals surface area (Å²) in [6.45, 7) is 1.48. The summed E-state index contributed by atoms with van der Waals surface area (Å²) in [4.78, 5) is 24.8. The third-order valence-electron chi connectivity index (χ3n) is 7.72. The number of carbonyl (C=O) groups is 2. The molecule has 4 rings (SSSR count). The second-order valence-electron chi connectivity index (χ2n) is 10.4. The highest BCUT2D eigenvalue weighted by atomic mass is 35.5. The number of sulfone groups is 1. The third kappa shape index (κ3) is 5.14. The van der Waals surface area contributed by atoms with Gasteiger partial charge in [-0.15, -0.1) is 0 Å². The van der Waals surface area contributed by atoms with Crippen LogP contribution in [-0.4, -0.2) is 37.0 Å². The van der Waals surface area contributed by atoms with E-state index in [1.807, 2.05) is 0 Å². The minimum Gasteiger partial charge on any atom is -0.481 e. The largest absolute Gasteiger partial charge is 0.498 e. The van der Waals surface area contributed by atoms with Gasteiger partial charge in [-0.05, 0) is 67.0 Å². The second-order valence-corrected chi connectivity index (χ2v) is 13.5. The minimum atomic E-state index is -5.80. The predicted molar refractivity (Wildman–Crippen MR) is 137 cm³/mol. The number of hydrogen-bond acceptors (Lipinski definition) is 4. The summed E-state index contributed by atoms with van der Waals surface area (Å²) in [5.41, 5.74) is -6.43. The molecule has 6 nitrogen and oxygen atoms in total. The van der Waals surface area contributed by atoms with Crippen LogP contribution in [0.15, 0.2) is 48.5 Å². The molecule has 1 aliphatic carbocycles. The molecule has 1 saturated carbocycles. The lowest BCUT2D eigenvalue weighted by Gasteiger charge is -2.46. The number of alkyl halides is 3. The number of amides is 1. The van der Waals surface area contributed by atoms with Gasteiger partial charge >= 0.3 is 11.5 Å². The molecule has 206 valence electrons. The molecule has 4 atom stereocenters. The van der Waals surface area contributed by atoms with Crippen LogP contribution in [0.2, 0.25) is 10.0 Å². The third-order valence-corrected chi connectivity index (χ3v) is 10.5. The van der Waals surface area contributed by atoms with Crippen LogP contribution in [0.3, 0.4) is 0 Å². The molecule has 2 aliphatic rings. The van der Waals surface area contributed by atoms with Gasteiger partial charge in [0, 0.05) is 22.0 Å². The zero-order valence-electron chi connectivity index (χ0n) is 20.3. The van der Waals surface area contributed by atoms with Crippen molar-refractivity contribution in [2.45, 2.75) is 61.2 Å². The first-order valence-electron chi connectivity index (χ1n) is 12.0. The summed E-state index contributed by atoms with van der Waals surface area (Å²) in [5.74, 6) is -3.41. The van der Waals surface area contributed by atoms with Gasteiger partial charge in [0.25, 0.3) is 9.84 Å². The Labute approximate surface area is 228 Å². The molecule has 2 aromatic carbocycles. The summed E-state index contributed by atoms with van der Waals surface area (Å²) in [6.07, 6.45) is -0.570. The lowest BCUT2D eigenvalue weighted by atomic mass is 9.67. The van der Waals surface area contributed by atoms with Gasteiger partial charge in [-0.3, -0.25) is 9.59 Å². The number of piperidine rings is 1. The van der Waals surface area contributed by atoms with Crippen LogP contribution in [0.25, 0.3) is 0 Å². The number of halogens is 5. The van der Waals surface area contributed by atoms with Crippen molar-refractivity contribution < 1.29 is 36.3 Å². The maximum atomic E-state index is 14.3. The predicted octanol–water partition coefficient (Wildman–Crippen LogP) is 6.08. The molecule has 0 aromatic heterocycles. The van der Waals surface area contributed by atoms with Crippen molar-refractivity contribution in [3.05, 3.63) is 69.7 Å². The summed E-state index contributed by atoms with van der Waals surface area (Å²) in [7, 11) is -5.80. The summed E-state index contributed by atoms with van der Waals surface area (Å²) in [5, 5.41) is 12.7. The number of aliphatic carboxylic acids is 1. The maximum Gasteiger partial charge on any atom is 0.498 e. The van der Waals surface area contributed by atoms with Crippen molar-refractivity contribution in [2.75, 3.05) is 0 Å². The fraction of sp³-hybridized carbons (Fsp3) is 0.462. The minimum absolute atomic E-state index is 0.0242. The first-order chi connectivity index (χ1) is 17.6. The molecule has 0 bridgehead atoms. The Morgan fingerprint density at radius 3 is 2.26 bits per heavy atom. The monoisotopic (exact) mass is 591 g/mol. The Kier molecular flexibility index (Phi) is 7.57. The lowest BCUT2D eigenvalue weighted by Crippen LogP contribution is -2.58. The number of carboxylic acids is 1. The topological polar surface area (TPSA) is 101 Å². The van der Waals surface area contributed by atoms with Gasteiger partial charge in [0.05, 0.1) is 11.8 Å². The molecular weight excluding hydrogens is 566 g/mol. The van der Waals surface area contributed by atoms with Crippen molar-refractivity contribution >= 4 is 44.9 Å². The van der Waals surface area contributed by atoms with Gasteiger partial charge in [-0.2, -0.15) is 13.2 Å². The molecule has 1 aliphatic heterocycles. The van der Waals surface area contributed by atoms with E-state index in [-0.39, 0.29) is 29.8 Å². The smallest absolute Gasteiger partial charge is 0.481 e. The number of nitrogens with one attached hydrogen (secondary N) is 1. The van der Waals surface area contributed by atoms with E-state index in [0.29, 0.717) is 10.6 Å². The van der Waals surface area contributed by atoms with Crippen LogP contribution in [0.4, 0.5) is 13.2 Å². The number of rotatable bonds is 8. The standard InChI is InChI=1S/C26H26Cl2F3NO5S/c1-24(14-22(33)34)12-20(15-3-2-4-19(28)11-15)21(32-23(24)35)13-25(16-5-6-16,38(36,37)26(29,30)31)17-7-9-18(27)10-8-17/h2-4,7-11,16,20-21H,5-6,12-14H2,1H3,(H,32,35)(H,33,34)/t20-,21+,24+,25+/m1/s1. The van der Waals surface area contributed by atoms with Crippen LogP contribution in [-0.2, 0) is 24.2 Å². The molecule has 0 spiro atoms. The van der Waals surface area contributed by atoms with Crippen LogP contribution in [0, 0.1) is 11.3 Å². The molecular formula is C26H26Cl2F3NO5S. The molecule has 38 heavy (non-hydrogen) atoms. The number of hydrogen-bond donors (Lipinski definition) is 2. The maximum absolute atomic E-state index is 14.3. The highest BCUT2D eigenvalue weighted by Gasteiger charge is 2.66. The van der Waals surface area contributed by atoms with Gasteiger partial charge in [-0.25, -0.2) is 8.42 Å². The Balaban J connectivity index is 1.89. The zero-order chi connectivity index (χ0) is 28.1. The van der Waals surface area contributed by atoms with E-state index in [9.17, 15) is 36.3 Å². The van der Waals surface area contributed by atoms with Gasteiger partial charge in [0.15, 0.2) is 0 Å². The van der Waals surface area contributed by atoms with E-state index in [4.69, 9.17) is 23.2 Å². The molecule has 2 N–H and O–H groups in total. The highest BCUT2D eigenvalue weighted by Crippen LogP contribution is 2.58. The SMILES string of the molecule is C[C@@]1(CC(=O)O)C[C@H](c2cccc(Cl)c2)[C@H](C[C@@](c2ccc(Cl)cc2)(C2CC2)S(=O)(=O)C(F)(F)F)NC1=O. The molecule has 0 radical (unpaired) electrons. The van der Waals surface area contributed by atoms with Crippen LogP contribution >= 0.6 is 23.2 Å². The summed E-state index contributed by atoms with van der Waals surface area (Å²) in [6, 6.07) is 10.7. The Bertz CT molecular complexity index is 1350. The molecule has 2 fully saturated rings. The number of carbonyl (C=O) groups excluding carboxylic acids is 1. The first kappa shape index (κ1) is 28.7. The van der Waals surface area contributed by atoms with E-state index in [1.165, 1.54) is 31.2 Å². The van der Waals surface area contributed by atoms with E-state index >= 15 is 0 Å². The van der Waals surface area contributed by atoms with E-state index in [2.05, 4.69) is 5.32 Å². The second kappa shape index (κ2) is 10.0. The normalized spacial score (nSPS) is 25.9. The fourth-order valence-electron chi connectivity index (χ4n) is 5.75. The molecule has 0 unspecified atom stereocenters. The van der Waals surface area contributed by atoms with Gasteiger partial charge in [0.1, 0.15) is 4.75 Å². The van der Waals surface area contributed by atoms with Crippen molar-refractivity contribution in [1.82, 2.24) is 5.32 Å². The van der Waals surface area contributed by atoms with Gasteiger partial charge in [-0.1, -0.05) is 54.4 Å². The highest BCUT2D eigenvalue weighted by molar-refractivity contribution is 7.93. The van der Waals surface area contributed by atoms with Crippen LogP contribution in [0.5, 0.6) is 0 Å². The number of carboxylic acid groups (broad SMARTS) is 1. The lowest BCUT2D eigenvalue weighted by molar-refractivity contribution is -0.147. The molecule has 1 heterocycles. The van der Waals surface area contributed by atoms with Crippen molar-refractivity contribution in [3.8, 4) is 0 Å². The summed E-state index contributed by atoms with van der Waals surface area (Å²) >= 11 is 12.2. The van der Waals surface area contributed by atoms with E-state index in [1.54, 1.807) is 24.3 Å². The molecule has 2 aromatic rings. The van der Waals surface area contributed by atoms with Gasteiger partial charge in [0.2, 0.25) is 5.91 Å². The van der Waals surface area contributed by atoms with Crippen molar-refractivity contribution in [2.24, 2.45) is 11.3 Å². The number of benzene rings is 2. The van der Waals surface area contributed by atoms with Crippen molar-refractivity contribution in [1.29, 1.82) is 0 Å². The Hall–Kier alpha value is -2.30. The summed E-state index contributed by atoms with van der Waals surface area (Å²) < 4.78 is 67.2. The Morgan fingerprint density at radius 1 is 1.11 bits per heavy atom. The zero-order valence-corrected chi connectivity index (χ0v) is 22.6. The van der Waals surface area contributed by atoms with Crippen LogP contribution < -0.4 is 5.32 Å². The van der Waals surface area contributed by atoms with E-state index in [0.717, 1.165) is 0 Å². The quantitative estimate of drug-likeness (QED) is 0.387. The Morgan fingerprint density at radius 2 is 1.74 bits per heavy atom. The molecule has 12 heteroatoms. The van der Waals surface area contributed by atoms with Crippen molar-refractivity contribution in [3.63, 3.8) is 0 Å². The fourth-order valence-corrected chi connectivity index (χ4v) is 8.01. The van der Waals surface area contributed by atoms with Gasteiger partial charge < -0.3 is 10.4 Å². The average molecular weight is 592 g/mol. The van der Waals surface area contributed by atoms with Crippen LogP contribution in [0.1, 0.15) is 56.1 Å². The van der Waals surface area contributed by atoms with E-state index < -0.39 is 68.1 Å². The molecule has 1 saturated heterocycles. The molecule has 1 amide bonds.